The van der Waals surface area contributed by atoms with Gasteiger partial charge in [-0.2, -0.15) is 4.31 Å². The first-order valence-corrected chi connectivity index (χ1v) is 12.2. The van der Waals surface area contributed by atoms with Gasteiger partial charge in [-0.15, -0.1) is 11.8 Å². The molecular weight excluding hydrogens is 396 g/mol. The molecule has 1 saturated heterocycles. The first-order chi connectivity index (χ1) is 13.6. The van der Waals surface area contributed by atoms with Crippen molar-refractivity contribution in [2.75, 3.05) is 30.3 Å². The molecule has 2 aliphatic rings. The maximum absolute atomic E-state index is 12.8. The van der Waals surface area contributed by atoms with Crippen molar-refractivity contribution < 1.29 is 17.6 Å². The summed E-state index contributed by atoms with van der Waals surface area (Å²) in [5.74, 6) is 1.93. The van der Waals surface area contributed by atoms with E-state index in [0.29, 0.717) is 36.0 Å². The lowest BCUT2D eigenvalue weighted by Gasteiger charge is -2.30. The summed E-state index contributed by atoms with van der Waals surface area (Å²) in [6, 6.07) is 8.95. The highest BCUT2D eigenvalue weighted by Gasteiger charge is 2.29. The van der Waals surface area contributed by atoms with Crippen molar-refractivity contribution in [1.29, 1.82) is 0 Å². The number of aryl methyl sites for hydroxylation is 1. The zero-order valence-electron chi connectivity index (χ0n) is 15.7. The molecular formula is C20H24N2O4S2. The number of benzene rings is 1. The number of carbonyl (C=O) groups is 1. The molecule has 150 valence electrons. The molecule has 0 aliphatic carbocycles. The van der Waals surface area contributed by atoms with Crippen LogP contribution < -0.4 is 4.90 Å². The van der Waals surface area contributed by atoms with Gasteiger partial charge in [-0.25, -0.2) is 8.42 Å². The van der Waals surface area contributed by atoms with E-state index in [2.05, 4.69) is 0 Å². The molecule has 1 aromatic heterocycles. The Morgan fingerprint density at radius 2 is 1.93 bits per heavy atom. The number of amides is 1. The van der Waals surface area contributed by atoms with Gasteiger partial charge >= 0.3 is 0 Å². The summed E-state index contributed by atoms with van der Waals surface area (Å²) < 4.78 is 32.5. The fourth-order valence-electron chi connectivity index (χ4n) is 3.78. The average molecular weight is 421 g/mol. The second-order valence-electron chi connectivity index (χ2n) is 7.12. The molecule has 0 N–H and O–H groups in total. The Bertz CT molecular complexity index is 935. The molecule has 8 heteroatoms. The molecule has 0 unspecified atom stereocenters. The summed E-state index contributed by atoms with van der Waals surface area (Å²) in [5, 5.41) is 0. The third kappa shape index (κ3) is 3.99. The van der Waals surface area contributed by atoms with E-state index in [-0.39, 0.29) is 5.91 Å². The van der Waals surface area contributed by atoms with Crippen molar-refractivity contribution in [3.8, 4) is 0 Å². The standard InChI is InChI=1S/C20H24N2O4S2/c23-20(15-27-14-17-6-4-12-26-17)22-11-3-5-16-13-18(7-8-19(16)22)28(24,25)21-9-1-2-10-21/h4,6-8,12-13H,1-3,5,9-11,14-15H2. The summed E-state index contributed by atoms with van der Waals surface area (Å²) in [5.41, 5.74) is 1.78. The van der Waals surface area contributed by atoms with Crippen molar-refractivity contribution in [3.63, 3.8) is 0 Å². The number of fused-ring (bicyclic) bond motifs is 1. The fourth-order valence-corrected chi connectivity index (χ4v) is 6.15. The molecule has 0 saturated carbocycles. The first-order valence-electron chi connectivity index (χ1n) is 9.59. The normalized spacial score (nSPS) is 17.6. The number of hydrogen-bond acceptors (Lipinski definition) is 5. The van der Waals surface area contributed by atoms with Crippen molar-refractivity contribution in [2.45, 2.75) is 36.3 Å². The topological polar surface area (TPSA) is 70.8 Å². The predicted octanol–water partition coefficient (Wildman–Crippen LogP) is 3.28. The molecule has 2 aliphatic heterocycles. The molecule has 2 aromatic rings. The van der Waals surface area contributed by atoms with Gasteiger partial charge in [0.25, 0.3) is 0 Å². The maximum Gasteiger partial charge on any atom is 0.243 e. The van der Waals surface area contributed by atoms with Crippen LogP contribution in [0.15, 0.2) is 45.9 Å². The second-order valence-corrected chi connectivity index (χ2v) is 10.0. The van der Waals surface area contributed by atoms with Crippen LogP contribution in [-0.4, -0.2) is 44.0 Å². The number of nitrogens with zero attached hydrogens (tertiary/aromatic N) is 2. The first kappa shape index (κ1) is 19.5. The maximum atomic E-state index is 12.8. The lowest BCUT2D eigenvalue weighted by molar-refractivity contribution is -0.116. The Morgan fingerprint density at radius 3 is 2.68 bits per heavy atom. The highest BCUT2D eigenvalue weighted by Crippen LogP contribution is 2.31. The second kappa shape index (κ2) is 8.31. The Morgan fingerprint density at radius 1 is 1.11 bits per heavy atom. The van der Waals surface area contributed by atoms with E-state index in [1.54, 1.807) is 33.7 Å². The summed E-state index contributed by atoms with van der Waals surface area (Å²) >= 11 is 1.52. The van der Waals surface area contributed by atoms with Crippen LogP contribution in [0, 0.1) is 0 Å². The minimum absolute atomic E-state index is 0.0488. The van der Waals surface area contributed by atoms with E-state index in [1.807, 2.05) is 12.1 Å². The number of carbonyl (C=O) groups excluding carboxylic acids is 1. The lowest BCUT2D eigenvalue weighted by Crippen LogP contribution is -2.37. The smallest absolute Gasteiger partial charge is 0.243 e. The minimum Gasteiger partial charge on any atom is -0.468 e. The van der Waals surface area contributed by atoms with E-state index >= 15 is 0 Å². The summed E-state index contributed by atoms with van der Waals surface area (Å²) in [6.45, 7) is 1.86. The van der Waals surface area contributed by atoms with Gasteiger partial charge in [0.15, 0.2) is 0 Å². The summed E-state index contributed by atoms with van der Waals surface area (Å²) in [7, 11) is -3.43. The van der Waals surface area contributed by atoms with Crippen LogP contribution in [0.4, 0.5) is 5.69 Å². The van der Waals surface area contributed by atoms with Crippen LogP contribution in [0.25, 0.3) is 0 Å². The van der Waals surface area contributed by atoms with Gasteiger partial charge in [-0.1, -0.05) is 0 Å². The van der Waals surface area contributed by atoms with Crippen molar-refractivity contribution >= 4 is 33.4 Å². The number of rotatable bonds is 6. The van der Waals surface area contributed by atoms with Crippen molar-refractivity contribution in [2.24, 2.45) is 0 Å². The van der Waals surface area contributed by atoms with Gasteiger partial charge < -0.3 is 9.32 Å². The SMILES string of the molecule is O=C(CSCc1ccco1)N1CCCc2cc(S(=O)(=O)N3CCCC3)ccc21. The van der Waals surface area contributed by atoms with Gasteiger partial charge in [0.05, 0.1) is 22.7 Å². The fraction of sp³-hybridized carbons (Fsp3) is 0.450. The van der Waals surface area contributed by atoms with Crippen LogP contribution in [-0.2, 0) is 27.0 Å². The molecule has 0 spiro atoms. The number of furan rings is 1. The molecule has 3 heterocycles. The average Bonchev–Trinajstić information content (AvgIpc) is 3.41. The number of thioether (sulfide) groups is 1. The number of anilines is 1. The van der Waals surface area contributed by atoms with Gasteiger partial charge in [0.1, 0.15) is 5.76 Å². The van der Waals surface area contributed by atoms with Gasteiger partial charge in [-0.05, 0) is 61.6 Å². The molecule has 1 amide bonds. The Labute approximate surface area is 169 Å². The number of sulfonamides is 1. The third-order valence-electron chi connectivity index (χ3n) is 5.22. The van der Waals surface area contributed by atoms with E-state index in [9.17, 15) is 13.2 Å². The zero-order valence-corrected chi connectivity index (χ0v) is 17.3. The highest BCUT2D eigenvalue weighted by atomic mass is 32.2. The van der Waals surface area contributed by atoms with E-state index in [1.165, 1.54) is 11.8 Å². The van der Waals surface area contributed by atoms with Gasteiger partial charge in [-0.3, -0.25) is 4.79 Å². The van der Waals surface area contributed by atoms with E-state index in [4.69, 9.17) is 4.42 Å². The molecule has 0 radical (unpaired) electrons. The molecule has 0 bridgehead atoms. The third-order valence-corrected chi connectivity index (χ3v) is 8.06. The van der Waals surface area contributed by atoms with Crippen LogP contribution in [0.2, 0.25) is 0 Å². The van der Waals surface area contributed by atoms with E-state index in [0.717, 1.165) is 42.7 Å². The highest BCUT2D eigenvalue weighted by molar-refractivity contribution is 7.99. The Kier molecular flexibility index (Phi) is 5.80. The molecule has 6 nitrogen and oxygen atoms in total. The van der Waals surface area contributed by atoms with Crippen molar-refractivity contribution in [3.05, 3.63) is 47.9 Å². The van der Waals surface area contributed by atoms with Crippen LogP contribution in [0.5, 0.6) is 0 Å². The monoisotopic (exact) mass is 420 g/mol. The minimum atomic E-state index is -3.43. The Balaban J connectivity index is 1.47. The molecule has 1 aromatic carbocycles. The van der Waals surface area contributed by atoms with E-state index < -0.39 is 10.0 Å². The molecule has 28 heavy (non-hydrogen) atoms. The number of hydrogen-bond donors (Lipinski definition) is 0. The lowest BCUT2D eigenvalue weighted by atomic mass is 10.0. The van der Waals surface area contributed by atoms with Crippen LogP contribution in [0.3, 0.4) is 0 Å². The predicted molar refractivity (Wildman–Crippen MR) is 110 cm³/mol. The van der Waals surface area contributed by atoms with Crippen LogP contribution in [0.1, 0.15) is 30.6 Å². The Hall–Kier alpha value is -1.77. The molecule has 0 atom stereocenters. The van der Waals surface area contributed by atoms with Gasteiger partial charge in [0.2, 0.25) is 15.9 Å². The zero-order chi connectivity index (χ0) is 19.6. The summed E-state index contributed by atoms with van der Waals surface area (Å²) in [6.07, 6.45) is 5.10. The summed E-state index contributed by atoms with van der Waals surface area (Å²) in [4.78, 5) is 14.9. The quantitative estimate of drug-likeness (QED) is 0.717. The van der Waals surface area contributed by atoms with Crippen molar-refractivity contribution in [1.82, 2.24) is 4.31 Å². The van der Waals surface area contributed by atoms with Crippen LogP contribution >= 0.6 is 11.8 Å². The molecule has 4 rings (SSSR count). The van der Waals surface area contributed by atoms with Gasteiger partial charge in [0, 0.05) is 25.3 Å². The molecule has 1 fully saturated rings. The largest absolute Gasteiger partial charge is 0.468 e.